The first kappa shape index (κ1) is 13.5. The van der Waals surface area contributed by atoms with Gasteiger partial charge in [-0.15, -0.1) is 0 Å². The summed E-state index contributed by atoms with van der Waals surface area (Å²) in [5.74, 6) is -0.354. The van der Waals surface area contributed by atoms with Gasteiger partial charge in [-0.1, -0.05) is 35.9 Å². The Bertz CT molecular complexity index is 723. The molecule has 21 heavy (non-hydrogen) atoms. The highest BCUT2D eigenvalue weighted by Gasteiger charge is 2.27. The van der Waals surface area contributed by atoms with E-state index in [1.54, 1.807) is 4.90 Å². The summed E-state index contributed by atoms with van der Waals surface area (Å²) in [4.78, 5) is 28.0. The first-order valence-electron chi connectivity index (χ1n) is 6.22. The van der Waals surface area contributed by atoms with Gasteiger partial charge in [0.05, 0.1) is 10.5 Å². The van der Waals surface area contributed by atoms with Crippen LogP contribution in [-0.2, 0) is 13.1 Å². The minimum absolute atomic E-state index is 0.0263. The van der Waals surface area contributed by atoms with Crippen LogP contribution < -0.4 is 0 Å². The fraction of sp³-hybridized carbons (Fsp3) is 0.143. The fourth-order valence-corrected chi connectivity index (χ4v) is 2.52. The number of carbonyl (C=O) groups excluding carboxylic acids is 1. The van der Waals surface area contributed by atoms with Gasteiger partial charge in [0.25, 0.3) is 11.6 Å². The van der Waals surface area contributed by atoms with Crippen molar-refractivity contribution in [1.29, 1.82) is 0 Å². The number of pyridine rings is 1. The number of carbonyl (C=O) groups is 1. The number of fused-ring (bicyclic) bond motifs is 1. The molecule has 0 radical (unpaired) electrons. The van der Waals surface area contributed by atoms with Gasteiger partial charge in [0.2, 0.25) is 0 Å². The number of halogens is 1. The van der Waals surface area contributed by atoms with Crippen LogP contribution >= 0.6 is 11.6 Å². The van der Waals surface area contributed by atoms with E-state index >= 15 is 0 Å². The molecule has 2 aromatic rings. The van der Waals surface area contributed by atoms with Gasteiger partial charge in [-0.05, 0) is 11.1 Å². The average Bonchev–Trinajstić information content (AvgIpc) is 2.90. The third-order valence-electron chi connectivity index (χ3n) is 3.39. The van der Waals surface area contributed by atoms with E-state index in [4.69, 9.17) is 11.6 Å². The smallest absolute Gasteiger partial charge is 0.288 e. The Morgan fingerprint density at radius 2 is 1.90 bits per heavy atom. The molecule has 7 heteroatoms. The lowest BCUT2D eigenvalue weighted by molar-refractivity contribution is -0.385. The number of rotatable bonds is 2. The number of amides is 1. The molecule has 0 spiro atoms. The number of hydrogen-bond acceptors (Lipinski definition) is 4. The zero-order valence-corrected chi connectivity index (χ0v) is 11.6. The van der Waals surface area contributed by atoms with E-state index in [-0.39, 0.29) is 22.3 Å². The van der Waals surface area contributed by atoms with E-state index in [2.05, 4.69) is 4.98 Å². The van der Waals surface area contributed by atoms with Crippen LogP contribution in [0.5, 0.6) is 0 Å². The van der Waals surface area contributed by atoms with E-state index in [0.29, 0.717) is 13.1 Å². The van der Waals surface area contributed by atoms with Crippen LogP contribution in [0.3, 0.4) is 0 Å². The van der Waals surface area contributed by atoms with Crippen molar-refractivity contribution in [3.8, 4) is 0 Å². The number of hydrogen-bond donors (Lipinski definition) is 0. The molecule has 0 fully saturated rings. The van der Waals surface area contributed by atoms with Gasteiger partial charge in [0.15, 0.2) is 0 Å². The van der Waals surface area contributed by atoms with Gasteiger partial charge in [0.1, 0.15) is 11.3 Å². The highest BCUT2D eigenvalue weighted by Crippen LogP contribution is 2.27. The molecule has 6 nitrogen and oxygen atoms in total. The van der Waals surface area contributed by atoms with Crippen molar-refractivity contribution < 1.29 is 9.72 Å². The molecule has 0 N–H and O–H groups in total. The van der Waals surface area contributed by atoms with Gasteiger partial charge >= 0.3 is 0 Å². The molecule has 2 heterocycles. The molecule has 0 saturated heterocycles. The summed E-state index contributed by atoms with van der Waals surface area (Å²) in [5, 5.41) is 10.8. The summed E-state index contributed by atoms with van der Waals surface area (Å²) in [5.41, 5.74) is 1.94. The maximum atomic E-state index is 12.5. The van der Waals surface area contributed by atoms with Crippen LogP contribution in [0.15, 0.2) is 36.5 Å². The van der Waals surface area contributed by atoms with Gasteiger partial charge in [-0.3, -0.25) is 14.9 Å². The second-order valence-electron chi connectivity index (χ2n) is 4.72. The largest absolute Gasteiger partial charge is 0.330 e. The van der Waals surface area contributed by atoms with Crippen LogP contribution in [0.1, 0.15) is 21.5 Å². The SMILES string of the molecule is O=C(c1cc([N+](=O)[O-])cnc1Cl)N1Cc2ccccc2C1. The second kappa shape index (κ2) is 5.14. The normalized spacial score (nSPS) is 13.1. The average molecular weight is 304 g/mol. The summed E-state index contributed by atoms with van der Waals surface area (Å²) >= 11 is 5.90. The van der Waals surface area contributed by atoms with Crippen LogP contribution in [0.25, 0.3) is 0 Å². The van der Waals surface area contributed by atoms with Gasteiger partial charge in [-0.2, -0.15) is 0 Å². The van der Waals surface area contributed by atoms with E-state index in [1.165, 1.54) is 6.07 Å². The Balaban J connectivity index is 1.90. The van der Waals surface area contributed by atoms with Crippen LogP contribution in [0.2, 0.25) is 5.15 Å². The standard InChI is InChI=1S/C14H10ClN3O3/c15-13-12(5-11(6-16-13)18(20)21)14(19)17-7-9-3-1-2-4-10(9)8-17/h1-6H,7-8H2. The summed E-state index contributed by atoms with van der Waals surface area (Å²) in [6.07, 6.45) is 1.04. The minimum atomic E-state index is -0.598. The van der Waals surface area contributed by atoms with Crippen molar-refractivity contribution in [2.75, 3.05) is 0 Å². The third kappa shape index (κ3) is 2.45. The maximum absolute atomic E-state index is 12.5. The van der Waals surface area contributed by atoms with Crippen molar-refractivity contribution in [2.45, 2.75) is 13.1 Å². The fourth-order valence-electron chi connectivity index (χ4n) is 2.33. The van der Waals surface area contributed by atoms with Crippen LogP contribution in [0, 0.1) is 10.1 Å². The number of nitrogens with zero attached hydrogens (tertiary/aromatic N) is 3. The van der Waals surface area contributed by atoms with E-state index in [1.807, 2.05) is 24.3 Å². The highest BCUT2D eigenvalue weighted by atomic mass is 35.5. The maximum Gasteiger partial charge on any atom is 0.288 e. The molecule has 0 saturated carbocycles. The number of aromatic nitrogens is 1. The van der Waals surface area contributed by atoms with Gasteiger partial charge < -0.3 is 4.90 Å². The predicted octanol–water partition coefficient (Wildman–Crippen LogP) is 2.80. The lowest BCUT2D eigenvalue weighted by Crippen LogP contribution is -2.25. The number of nitro groups is 1. The molecule has 3 rings (SSSR count). The third-order valence-corrected chi connectivity index (χ3v) is 3.70. The lowest BCUT2D eigenvalue weighted by Gasteiger charge is -2.15. The number of benzene rings is 1. The molecule has 0 atom stereocenters. The summed E-state index contributed by atoms with van der Waals surface area (Å²) in [6.45, 7) is 0.933. The summed E-state index contributed by atoms with van der Waals surface area (Å²) < 4.78 is 0. The molecule has 1 aliphatic rings. The Kier molecular flexibility index (Phi) is 3.31. The van der Waals surface area contributed by atoms with Crippen LogP contribution in [-0.4, -0.2) is 20.7 Å². The predicted molar refractivity (Wildman–Crippen MR) is 75.9 cm³/mol. The Labute approximate surface area is 125 Å². The molecular weight excluding hydrogens is 294 g/mol. The molecule has 1 amide bonds. The van der Waals surface area contributed by atoms with Gasteiger partial charge in [0, 0.05) is 19.2 Å². The molecule has 1 aromatic carbocycles. The van der Waals surface area contributed by atoms with E-state index in [9.17, 15) is 14.9 Å². The van der Waals surface area contributed by atoms with Crippen molar-refractivity contribution in [3.63, 3.8) is 0 Å². The quantitative estimate of drug-likeness (QED) is 0.485. The zero-order chi connectivity index (χ0) is 15.0. The molecule has 0 aliphatic carbocycles. The zero-order valence-electron chi connectivity index (χ0n) is 10.8. The molecule has 0 unspecified atom stereocenters. The molecule has 106 valence electrons. The summed E-state index contributed by atoms with van der Waals surface area (Å²) in [7, 11) is 0. The molecule has 1 aliphatic heterocycles. The topological polar surface area (TPSA) is 76.3 Å². The molecular formula is C14H10ClN3O3. The van der Waals surface area contributed by atoms with Gasteiger partial charge in [-0.25, -0.2) is 4.98 Å². The van der Waals surface area contributed by atoms with E-state index < -0.39 is 4.92 Å². The first-order valence-corrected chi connectivity index (χ1v) is 6.60. The first-order chi connectivity index (χ1) is 10.1. The Morgan fingerprint density at radius 3 is 2.48 bits per heavy atom. The minimum Gasteiger partial charge on any atom is -0.330 e. The van der Waals surface area contributed by atoms with Crippen molar-refractivity contribution >= 4 is 23.2 Å². The Morgan fingerprint density at radius 1 is 1.29 bits per heavy atom. The van der Waals surface area contributed by atoms with Crippen molar-refractivity contribution in [3.05, 3.63) is 68.5 Å². The lowest BCUT2D eigenvalue weighted by atomic mass is 10.1. The van der Waals surface area contributed by atoms with Crippen LogP contribution in [0.4, 0.5) is 5.69 Å². The molecule has 1 aromatic heterocycles. The highest BCUT2D eigenvalue weighted by molar-refractivity contribution is 6.32. The van der Waals surface area contributed by atoms with Crippen molar-refractivity contribution in [2.24, 2.45) is 0 Å². The second-order valence-corrected chi connectivity index (χ2v) is 5.08. The Hall–Kier alpha value is -2.47. The van der Waals surface area contributed by atoms with Crippen molar-refractivity contribution in [1.82, 2.24) is 9.88 Å². The molecule has 0 bridgehead atoms. The summed E-state index contributed by atoms with van der Waals surface area (Å²) in [6, 6.07) is 8.90. The van der Waals surface area contributed by atoms with E-state index in [0.717, 1.165) is 17.3 Å². The monoisotopic (exact) mass is 303 g/mol.